The molecule has 0 spiro atoms. The fourth-order valence-corrected chi connectivity index (χ4v) is 6.94. The smallest absolute Gasteiger partial charge is 0.0619 e. The molecule has 134 valence electrons. The van der Waals surface area contributed by atoms with Crippen molar-refractivity contribution in [1.82, 2.24) is 0 Å². The Labute approximate surface area is 145 Å². The molecule has 0 aliphatic heterocycles. The van der Waals surface area contributed by atoms with Crippen LogP contribution >= 0.6 is 0 Å². The fourth-order valence-electron chi connectivity index (χ4n) is 6.94. The zero-order valence-corrected chi connectivity index (χ0v) is 15.2. The second-order valence-electron chi connectivity index (χ2n) is 9.40. The average Bonchev–Trinajstić information content (AvgIpc) is 2.84. The zero-order chi connectivity index (χ0) is 17.3. The maximum absolute atomic E-state index is 11.2. The van der Waals surface area contributed by atoms with Crippen molar-refractivity contribution in [3.8, 4) is 0 Å². The topological polar surface area (TPSA) is 60.7 Å². The summed E-state index contributed by atoms with van der Waals surface area (Å²) in [5.41, 5.74) is 2.74. The molecule has 4 aliphatic carbocycles. The van der Waals surface area contributed by atoms with Crippen LogP contribution in [0.3, 0.4) is 0 Å². The number of hydrogen-bond donors (Lipinski definition) is 3. The summed E-state index contributed by atoms with van der Waals surface area (Å²) in [6.45, 7) is 6.50. The van der Waals surface area contributed by atoms with Gasteiger partial charge < -0.3 is 15.3 Å². The van der Waals surface area contributed by atoms with Crippen molar-refractivity contribution in [3.63, 3.8) is 0 Å². The average molecular weight is 332 g/mol. The Hall–Kier alpha value is -0.640. The minimum Gasteiger partial charge on any atom is -0.393 e. The summed E-state index contributed by atoms with van der Waals surface area (Å²) in [6, 6.07) is 0. The minimum atomic E-state index is -0.346. The van der Waals surface area contributed by atoms with Crippen molar-refractivity contribution >= 4 is 0 Å². The molecular formula is C21H32O3. The van der Waals surface area contributed by atoms with E-state index in [0.29, 0.717) is 5.92 Å². The van der Waals surface area contributed by atoms with E-state index in [0.717, 1.165) is 38.5 Å². The molecule has 0 amide bonds. The summed E-state index contributed by atoms with van der Waals surface area (Å²) in [5.74, 6) is 0.952. The molecule has 3 N–H and O–H groups in total. The highest BCUT2D eigenvalue weighted by atomic mass is 16.3. The molecule has 0 radical (unpaired) electrons. The highest BCUT2D eigenvalue weighted by Gasteiger charge is 2.59. The maximum atomic E-state index is 11.2. The van der Waals surface area contributed by atoms with E-state index in [1.54, 1.807) is 0 Å². The normalized spacial score (nSPS) is 51.8. The fraction of sp³-hybridized carbons (Fsp3) is 0.810. The molecule has 0 bridgehead atoms. The van der Waals surface area contributed by atoms with Gasteiger partial charge in [-0.25, -0.2) is 0 Å². The molecule has 4 rings (SSSR count). The molecule has 0 saturated heterocycles. The SMILES string of the molecule is C[C@@H](O)[C@H]1CC[C@H]2C3=CC=C4CC(O)CC[C@]4(C)[C@H]3C(O)C[C@]12C. The largest absolute Gasteiger partial charge is 0.393 e. The number of fused-ring (bicyclic) bond motifs is 5. The number of hydrogen-bond acceptors (Lipinski definition) is 3. The summed E-state index contributed by atoms with van der Waals surface area (Å²) in [6.07, 6.45) is 9.15. The van der Waals surface area contributed by atoms with Crippen LogP contribution in [0.2, 0.25) is 0 Å². The van der Waals surface area contributed by atoms with Crippen LogP contribution in [0, 0.1) is 28.6 Å². The Balaban J connectivity index is 1.76. The lowest BCUT2D eigenvalue weighted by atomic mass is 9.49. The van der Waals surface area contributed by atoms with Gasteiger partial charge in [0.15, 0.2) is 0 Å². The molecule has 4 aliphatic rings. The lowest BCUT2D eigenvalue weighted by molar-refractivity contribution is -0.0639. The Kier molecular flexibility index (Phi) is 3.80. The van der Waals surface area contributed by atoms with Gasteiger partial charge in [-0.05, 0) is 68.1 Å². The molecule has 0 aromatic rings. The van der Waals surface area contributed by atoms with Crippen LogP contribution < -0.4 is 0 Å². The predicted octanol–water partition coefficient (Wildman–Crippen LogP) is 3.20. The van der Waals surface area contributed by atoms with Gasteiger partial charge in [0.25, 0.3) is 0 Å². The predicted molar refractivity (Wildman–Crippen MR) is 94.2 cm³/mol. The van der Waals surface area contributed by atoms with Crippen LogP contribution in [0.5, 0.6) is 0 Å². The van der Waals surface area contributed by atoms with Crippen molar-refractivity contribution in [2.75, 3.05) is 0 Å². The van der Waals surface area contributed by atoms with Gasteiger partial charge in [0.05, 0.1) is 18.3 Å². The van der Waals surface area contributed by atoms with Crippen molar-refractivity contribution in [2.24, 2.45) is 28.6 Å². The molecule has 3 fully saturated rings. The molecule has 0 heterocycles. The van der Waals surface area contributed by atoms with Crippen molar-refractivity contribution in [3.05, 3.63) is 23.3 Å². The van der Waals surface area contributed by atoms with Gasteiger partial charge in [0, 0.05) is 5.92 Å². The van der Waals surface area contributed by atoms with Crippen LogP contribution in [-0.4, -0.2) is 33.6 Å². The van der Waals surface area contributed by atoms with E-state index in [-0.39, 0.29) is 41.0 Å². The van der Waals surface area contributed by atoms with E-state index in [1.165, 1.54) is 11.1 Å². The Bertz CT molecular complexity index is 592. The number of aliphatic hydroxyl groups is 3. The van der Waals surface area contributed by atoms with Crippen molar-refractivity contribution < 1.29 is 15.3 Å². The van der Waals surface area contributed by atoms with Crippen LogP contribution in [0.1, 0.15) is 59.3 Å². The van der Waals surface area contributed by atoms with E-state index in [9.17, 15) is 15.3 Å². The lowest BCUT2D eigenvalue weighted by Crippen LogP contribution is -2.53. The first-order valence-corrected chi connectivity index (χ1v) is 9.72. The zero-order valence-electron chi connectivity index (χ0n) is 15.2. The standard InChI is InChI=1S/C21H32O3/c1-12(22)16-6-7-17-15-5-4-13-10-14(23)8-9-20(13,2)19(15)18(24)11-21(16,17)3/h4-5,12,14,16-19,22-24H,6-11H2,1-3H3/t12-,14?,16-,17+,18?,19-,20+,21-/m1/s1. The third-order valence-electron chi connectivity index (χ3n) is 8.14. The third-order valence-corrected chi connectivity index (χ3v) is 8.14. The summed E-state index contributed by atoms with van der Waals surface area (Å²) in [4.78, 5) is 0. The highest BCUT2D eigenvalue weighted by Crippen LogP contribution is 2.65. The van der Waals surface area contributed by atoms with Gasteiger partial charge in [0.2, 0.25) is 0 Å². The van der Waals surface area contributed by atoms with Gasteiger partial charge >= 0.3 is 0 Å². The molecule has 8 atom stereocenters. The Morgan fingerprint density at radius 1 is 1.12 bits per heavy atom. The van der Waals surface area contributed by atoms with Gasteiger partial charge in [-0.1, -0.05) is 37.1 Å². The van der Waals surface area contributed by atoms with E-state index >= 15 is 0 Å². The Morgan fingerprint density at radius 2 is 1.88 bits per heavy atom. The monoisotopic (exact) mass is 332 g/mol. The van der Waals surface area contributed by atoms with Crippen LogP contribution in [0.25, 0.3) is 0 Å². The first-order chi connectivity index (χ1) is 11.3. The quantitative estimate of drug-likeness (QED) is 0.691. The molecule has 3 saturated carbocycles. The number of allylic oxidation sites excluding steroid dienone is 2. The molecular weight excluding hydrogens is 300 g/mol. The molecule has 2 unspecified atom stereocenters. The Morgan fingerprint density at radius 3 is 2.58 bits per heavy atom. The van der Waals surface area contributed by atoms with Crippen LogP contribution in [-0.2, 0) is 0 Å². The summed E-state index contributed by atoms with van der Waals surface area (Å²) in [7, 11) is 0. The van der Waals surface area contributed by atoms with E-state index < -0.39 is 0 Å². The van der Waals surface area contributed by atoms with Gasteiger partial charge in [-0.3, -0.25) is 0 Å². The van der Waals surface area contributed by atoms with E-state index in [1.807, 2.05) is 6.92 Å². The highest BCUT2D eigenvalue weighted by molar-refractivity contribution is 5.40. The van der Waals surface area contributed by atoms with Crippen LogP contribution in [0.15, 0.2) is 23.3 Å². The van der Waals surface area contributed by atoms with Crippen molar-refractivity contribution in [1.29, 1.82) is 0 Å². The molecule has 3 heteroatoms. The van der Waals surface area contributed by atoms with E-state index in [2.05, 4.69) is 26.0 Å². The molecule has 24 heavy (non-hydrogen) atoms. The van der Waals surface area contributed by atoms with Gasteiger partial charge in [-0.15, -0.1) is 0 Å². The first kappa shape index (κ1) is 16.8. The van der Waals surface area contributed by atoms with Crippen LogP contribution in [0.4, 0.5) is 0 Å². The maximum Gasteiger partial charge on any atom is 0.0619 e. The first-order valence-electron chi connectivity index (χ1n) is 9.72. The summed E-state index contributed by atoms with van der Waals surface area (Å²) >= 11 is 0. The van der Waals surface area contributed by atoms with E-state index in [4.69, 9.17) is 0 Å². The molecule has 0 aromatic carbocycles. The van der Waals surface area contributed by atoms with Gasteiger partial charge in [0.1, 0.15) is 0 Å². The third kappa shape index (κ3) is 2.14. The van der Waals surface area contributed by atoms with Gasteiger partial charge in [-0.2, -0.15) is 0 Å². The number of rotatable bonds is 1. The second-order valence-corrected chi connectivity index (χ2v) is 9.40. The lowest BCUT2D eigenvalue weighted by Gasteiger charge is -2.56. The minimum absolute atomic E-state index is 0.00575. The molecule has 0 aromatic heterocycles. The second kappa shape index (κ2) is 5.43. The van der Waals surface area contributed by atoms with Crippen molar-refractivity contribution in [2.45, 2.75) is 77.6 Å². The summed E-state index contributed by atoms with van der Waals surface area (Å²) < 4.78 is 0. The summed E-state index contributed by atoms with van der Waals surface area (Å²) in [5, 5.41) is 31.5. The number of aliphatic hydroxyl groups excluding tert-OH is 3. The molecule has 3 nitrogen and oxygen atoms in total.